The van der Waals surface area contributed by atoms with Gasteiger partial charge in [0.2, 0.25) is 5.91 Å². The van der Waals surface area contributed by atoms with Gasteiger partial charge in [0.15, 0.2) is 23.3 Å². The minimum atomic E-state index is -4.06. The molecular weight excluding hydrogens is 396 g/mol. The zero-order valence-electron chi connectivity index (χ0n) is 13.5. The number of rotatable bonds is 6. The number of anilines is 1. The number of carbonyl (C=O) groups excluding carboxylic acids is 1. The lowest BCUT2D eigenvalue weighted by Gasteiger charge is -2.21. The molecule has 0 aliphatic carbocycles. The zero-order valence-corrected chi connectivity index (χ0v) is 15.2. The maximum absolute atomic E-state index is 13.7. The van der Waals surface area contributed by atoms with Crippen LogP contribution in [0, 0.1) is 29.2 Å². The number of hydrogen-bond acceptors (Lipinski definition) is 4. The molecular formula is C15H14F4N2O3S2. The highest BCUT2D eigenvalue weighted by Gasteiger charge is 2.31. The van der Waals surface area contributed by atoms with Crippen LogP contribution in [0.2, 0.25) is 0 Å². The molecule has 11 heteroatoms. The average molecular weight is 410 g/mol. The number of sulfonamides is 1. The first kappa shape index (κ1) is 20.3. The second kappa shape index (κ2) is 7.72. The predicted octanol–water partition coefficient (Wildman–Crippen LogP) is 3.25. The average Bonchev–Trinajstić information content (AvgIpc) is 3.10. The molecule has 26 heavy (non-hydrogen) atoms. The van der Waals surface area contributed by atoms with Gasteiger partial charge in [-0.2, -0.15) is 4.72 Å². The molecule has 1 heterocycles. The van der Waals surface area contributed by atoms with Gasteiger partial charge in [-0.3, -0.25) is 4.79 Å². The van der Waals surface area contributed by atoms with Crippen LogP contribution < -0.4 is 10.0 Å². The molecule has 1 atom stereocenters. The lowest BCUT2D eigenvalue weighted by atomic mass is 10.0. The molecule has 2 aromatic rings. The number of carbonyl (C=O) groups is 1. The topological polar surface area (TPSA) is 75.3 Å². The van der Waals surface area contributed by atoms with Crippen molar-refractivity contribution >= 4 is 33.0 Å². The van der Waals surface area contributed by atoms with Crippen LogP contribution >= 0.6 is 11.3 Å². The summed E-state index contributed by atoms with van der Waals surface area (Å²) < 4.78 is 80.5. The standard InChI is InChI=1S/C15H14F4N2O3S2/c1-7(2)13(21-26(23,24)10-4-3-5-25-10)15(22)20-14-11(18)8(16)6-9(17)12(14)19/h3-7,13,21H,1-2H3,(H,20,22)/t13-/m0/s1. The lowest BCUT2D eigenvalue weighted by molar-refractivity contribution is -0.118. The van der Waals surface area contributed by atoms with Crippen LogP contribution in [-0.2, 0) is 14.8 Å². The van der Waals surface area contributed by atoms with Crippen molar-refractivity contribution in [3.63, 3.8) is 0 Å². The third kappa shape index (κ3) is 4.22. The van der Waals surface area contributed by atoms with E-state index in [9.17, 15) is 30.8 Å². The van der Waals surface area contributed by atoms with E-state index in [0.29, 0.717) is 0 Å². The largest absolute Gasteiger partial charge is 0.320 e. The van der Waals surface area contributed by atoms with Gasteiger partial charge < -0.3 is 5.32 Å². The fraction of sp³-hybridized carbons (Fsp3) is 0.267. The maximum Gasteiger partial charge on any atom is 0.250 e. The summed E-state index contributed by atoms with van der Waals surface area (Å²) in [5, 5.41) is 3.23. The van der Waals surface area contributed by atoms with Crippen molar-refractivity contribution in [3.05, 3.63) is 46.8 Å². The molecule has 2 rings (SSSR count). The number of benzene rings is 1. The number of thiophene rings is 1. The summed E-state index contributed by atoms with van der Waals surface area (Å²) in [5.41, 5.74) is -1.33. The first-order valence-electron chi connectivity index (χ1n) is 7.24. The molecule has 0 unspecified atom stereocenters. The van der Waals surface area contributed by atoms with Gasteiger partial charge in [-0.05, 0) is 17.4 Å². The molecule has 5 nitrogen and oxygen atoms in total. The third-order valence-corrected chi connectivity index (χ3v) is 6.19. The normalized spacial score (nSPS) is 13.0. The second-order valence-electron chi connectivity index (χ2n) is 5.61. The van der Waals surface area contributed by atoms with E-state index in [1.54, 1.807) is 5.32 Å². The molecule has 0 radical (unpaired) electrons. The van der Waals surface area contributed by atoms with Gasteiger partial charge in [0.05, 0.1) is 0 Å². The van der Waals surface area contributed by atoms with Crippen molar-refractivity contribution in [2.45, 2.75) is 24.1 Å². The molecule has 1 aromatic heterocycles. The van der Waals surface area contributed by atoms with Gasteiger partial charge in [0.1, 0.15) is 15.9 Å². The molecule has 142 valence electrons. The SMILES string of the molecule is CC(C)[C@H](NS(=O)(=O)c1cccs1)C(=O)Nc1c(F)c(F)cc(F)c1F. The third-order valence-electron chi connectivity index (χ3n) is 3.35. The smallest absolute Gasteiger partial charge is 0.250 e. The van der Waals surface area contributed by atoms with Gasteiger partial charge in [-0.15, -0.1) is 11.3 Å². The minimum absolute atomic E-state index is 0.000246. The fourth-order valence-electron chi connectivity index (χ4n) is 2.02. The van der Waals surface area contributed by atoms with Crippen molar-refractivity contribution < 1.29 is 30.8 Å². The molecule has 0 bridgehead atoms. The summed E-state index contributed by atoms with van der Waals surface area (Å²) in [6.07, 6.45) is 0. The monoisotopic (exact) mass is 410 g/mol. The Balaban J connectivity index is 2.31. The van der Waals surface area contributed by atoms with Crippen molar-refractivity contribution in [2.75, 3.05) is 5.32 Å². The van der Waals surface area contributed by atoms with E-state index in [-0.39, 0.29) is 10.3 Å². The highest BCUT2D eigenvalue weighted by Crippen LogP contribution is 2.25. The Morgan fingerprint density at radius 2 is 1.69 bits per heavy atom. The summed E-state index contributed by atoms with van der Waals surface area (Å²) in [7, 11) is -4.06. The van der Waals surface area contributed by atoms with E-state index in [1.165, 1.54) is 31.4 Å². The van der Waals surface area contributed by atoms with E-state index in [4.69, 9.17) is 0 Å². The minimum Gasteiger partial charge on any atom is -0.320 e. The Morgan fingerprint density at radius 1 is 1.12 bits per heavy atom. The van der Waals surface area contributed by atoms with Crippen molar-refractivity contribution in [2.24, 2.45) is 5.92 Å². The van der Waals surface area contributed by atoms with E-state index < -0.39 is 56.8 Å². The van der Waals surface area contributed by atoms with Crippen LogP contribution in [0.5, 0.6) is 0 Å². The first-order valence-corrected chi connectivity index (χ1v) is 9.60. The maximum atomic E-state index is 13.7. The molecule has 0 saturated heterocycles. The molecule has 1 aromatic carbocycles. The van der Waals surface area contributed by atoms with Crippen molar-refractivity contribution in [1.29, 1.82) is 0 Å². The van der Waals surface area contributed by atoms with E-state index >= 15 is 0 Å². The number of amides is 1. The molecule has 0 fully saturated rings. The second-order valence-corrected chi connectivity index (χ2v) is 8.50. The van der Waals surface area contributed by atoms with E-state index in [0.717, 1.165) is 11.3 Å². The Morgan fingerprint density at radius 3 is 2.15 bits per heavy atom. The Labute approximate surface area is 151 Å². The Kier molecular flexibility index (Phi) is 6.04. The highest BCUT2D eigenvalue weighted by molar-refractivity contribution is 7.91. The van der Waals surface area contributed by atoms with Crippen LogP contribution in [0.1, 0.15) is 13.8 Å². The first-order chi connectivity index (χ1) is 12.0. The van der Waals surface area contributed by atoms with Crippen molar-refractivity contribution in [1.82, 2.24) is 4.72 Å². The summed E-state index contributed by atoms with van der Waals surface area (Å²) in [6.45, 7) is 2.97. The van der Waals surface area contributed by atoms with E-state index in [1.807, 2.05) is 0 Å². The molecule has 0 aliphatic rings. The van der Waals surface area contributed by atoms with Gasteiger partial charge in [0, 0.05) is 6.07 Å². The van der Waals surface area contributed by atoms with Gasteiger partial charge in [-0.25, -0.2) is 26.0 Å². The number of halogens is 4. The lowest BCUT2D eigenvalue weighted by Crippen LogP contribution is -2.47. The van der Waals surface area contributed by atoms with Crippen LogP contribution in [0.15, 0.2) is 27.8 Å². The quantitative estimate of drug-likeness (QED) is 0.567. The Hall–Kier alpha value is -1.98. The van der Waals surface area contributed by atoms with Crippen molar-refractivity contribution in [3.8, 4) is 0 Å². The summed E-state index contributed by atoms with van der Waals surface area (Å²) >= 11 is 0.907. The highest BCUT2D eigenvalue weighted by atomic mass is 32.2. The molecule has 2 N–H and O–H groups in total. The van der Waals surface area contributed by atoms with Crippen LogP contribution in [0.25, 0.3) is 0 Å². The Bertz CT molecular complexity index is 889. The van der Waals surface area contributed by atoms with Gasteiger partial charge in [-0.1, -0.05) is 19.9 Å². The van der Waals surface area contributed by atoms with Crippen LogP contribution in [-0.4, -0.2) is 20.4 Å². The molecule has 0 spiro atoms. The predicted molar refractivity (Wildman–Crippen MR) is 88.2 cm³/mol. The molecule has 0 aliphatic heterocycles. The van der Waals surface area contributed by atoms with Crippen LogP contribution in [0.3, 0.4) is 0 Å². The summed E-state index contributed by atoms with van der Waals surface area (Å²) in [4.78, 5) is 12.3. The summed E-state index contributed by atoms with van der Waals surface area (Å²) in [6, 6.07) is 1.36. The van der Waals surface area contributed by atoms with E-state index in [2.05, 4.69) is 4.72 Å². The number of nitrogens with one attached hydrogen (secondary N) is 2. The van der Waals surface area contributed by atoms with Gasteiger partial charge in [0.25, 0.3) is 10.0 Å². The number of hydrogen-bond donors (Lipinski definition) is 2. The van der Waals surface area contributed by atoms with Gasteiger partial charge >= 0.3 is 0 Å². The zero-order chi connectivity index (χ0) is 19.6. The molecule has 0 saturated carbocycles. The summed E-state index contributed by atoms with van der Waals surface area (Å²) in [5.74, 6) is -8.77. The van der Waals surface area contributed by atoms with Crippen LogP contribution in [0.4, 0.5) is 23.2 Å². The fourth-order valence-corrected chi connectivity index (χ4v) is 4.37. The molecule has 1 amide bonds.